The van der Waals surface area contributed by atoms with Gasteiger partial charge in [0.2, 0.25) is 6.10 Å². The molecule has 1 aliphatic rings. The molecule has 0 aromatic carbocycles. The van der Waals surface area contributed by atoms with Crippen LogP contribution in [0.25, 0.3) is 0 Å². The highest BCUT2D eigenvalue weighted by Gasteiger charge is 2.30. The monoisotopic (exact) mass is 252 g/mol. The fraction of sp³-hybridized carbons (Fsp3) is 0.538. The molecule has 0 radical (unpaired) electrons. The molecular weight excluding hydrogens is 232 g/mol. The summed E-state index contributed by atoms with van der Waals surface area (Å²) in [6, 6.07) is 0. The number of carbonyl (C=O) groups is 2. The Balaban J connectivity index is 2.61. The van der Waals surface area contributed by atoms with Gasteiger partial charge in [-0.2, -0.15) is 0 Å². The molecule has 4 N–H and O–H groups in total. The molecule has 5 heteroatoms. The van der Waals surface area contributed by atoms with E-state index in [9.17, 15) is 9.59 Å². The molecule has 0 aromatic heterocycles. The Bertz CT molecular complexity index is 386. The minimum atomic E-state index is -0.876. The van der Waals surface area contributed by atoms with Gasteiger partial charge in [0.25, 0.3) is 11.8 Å². The first kappa shape index (κ1) is 14.3. The molecule has 0 saturated heterocycles. The summed E-state index contributed by atoms with van der Waals surface area (Å²) in [6.07, 6.45) is 7.91. The number of hydrogen-bond donors (Lipinski definition) is 2. The molecule has 0 fully saturated rings. The van der Waals surface area contributed by atoms with Crippen molar-refractivity contribution in [2.75, 3.05) is 0 Å². The molecule has 100 valence electrons. The molecule has 0 bridgehead atoms. The average molecular weight is 252 g/mol. The zero-order valence-electron chi connectivity index (χ0n) is 10.6. The van der Waals surface area contributed by atoms with Crippen LogP contribution in [0, 0.1) is 0 Å². The van der Waals surface area contributed by atoms with Crippen molar-refractivity contribution in [2.45, 2.75) is 45.1 Å². The zero-order chi connectivity index (χ0) is 13.5. The number of hydrogen-bond acceptors (Lipinski definition) is 3. The van der Waals surface area contributed by atoms with Crippen LogP contribution in [0.5, 0.6) is 0 Å². The minimum absolute atomic E-state index is 0.00129. The van der Waals surface area contributed by atoms with Crippen LogP contribution >= 0.6 is 0 Å². The molecule has 0 spiro atoms. The number of allylic oxidation sites excluding steroid dienone is 1. The Hall–Kier alpha value is -1.78. The highest BCUT2D eigenvalue weighted by atomic mass is 16.5. The lowest BCUT2D eigenvalue weighted by molar-refractivity contribution is -0.126. The van der Waals surface area contributed by atoms with Crippen molar-refractivity contribution >= 4 is 11.8 Å². The maximum atomic E-state index is 11.2. The summed E-state index contributed by atoms with van der Waals surface area (Å²) in [4.78, 5) is 22.2. The molecule has 0 saturated carbocycles. The Morgan fingerprint density at radius 3 is 2.61 bits per heavy atom. The predicted octanol–water partition coefficient (Wildman–Crippen LogP) is 1.14. The maximum Gasteiger partial charge on any atom is 0.283 e. The van der Waals surface area contributed by atoms with E-state index in [0.29, 0.717) is 5.57 Å². The van der Waals surface area contributed by atoms with E-state index in [1.807, 2.05) is 6.08 Å². The predicted molar refractivity (Wildman–Crippen MR) is 68.2 cm³/mol. The first-order valence-corrected chi connectivity index (χ1v) is 6.23. The molecule has 1 unspecified atom stereocenters. The highest BCUT2D eigenvalue weighted by Crippen LogP contribution is 2.23. The number of nitrogens with two attached hydrogens (primary N) is 2. The fourth-order valence-electron chi connectivity index (χ4n) is 1.81. The van der Waals surface area contributed by atoms with Gasteiger partial charge in [0, 0.05) is 5.57 Å². The van der Waals surface area contributed by atoms with Gasteiger partial charge in [-0.1, -0.05) is 32.3 Å². The van der Waals surface area contributed by atoms with Crippen molar-refractivity contribution in [2.24, 2.45) is 11.5 Å². The summed E-state index contributed by atoms with van der Waals surface area (Å²) in [5.41, 5.74) is 10.9. The molecule has 1 heterocycles. The Morgan fingerprint density at radius 2 is 2.06 bits per heavy atom. The normalized spacial score (nSPS) is 20.6. The summed E-state index contributed by atoms with van der Waals surface area (Å²) < 4.78 is 5.12. The molecule has 1 aliphatic heterocycles. The van der Waals surface area contributed by atoms with Crippen molar-refractivity contribution in [3.05, 3.63) is 23.5 Å². The lowest BCUT2D eigenvalue weighted by atomic mass is 10.1. The third-order valence-electron chi connectivity index (χ3n) is 2.78. The van der Waals surface area contributed by atoms with E-state index < -0.39 is 17.9 Å². The Labute approximate surface area is 107 Å². The minimum Gasteiger partial charge on any atom is -0.470 e. The lowest BCUT2D eigenvalue weighted by Crippen LogP contribution is -2.30. The number of primary amides is 2. The summed E-state index contributed by atoms with van der Waals surface area (Å²) >= 11 is 0. The number of rotatable bonds is 7. The van der Waals surface area contributed by atoms with E-state index in [0.717, 1.165) is 19.3 Å². The van der Waals surface area contributed by atoms with E-state index in [-0.39, 0.29) is 5.76 Å². The van der Waals surface area contributed by atoms with E-state index >= 15 is 0 Å². The van der Waals surface area contributed by atoms with Crippen molar-refractivity contribution in [3.8, 4) is 0 Å². The van der Waals surface area contributed by atoms with Crippen molar-refractivity contribution in [3.63, 3.8) is 0 Å². The van der Waals surface area contributed by atoms with Crippen molar-refractivity contribution in [1.29, 1.82) is 0 Å². The Kier molecular flexibility index (Phi) is 5.42. The van der Waals surface area contributed by atoms with Gasteiger partial charge in [0.15, 0.2) is 5.76 Å². The molecule has 1 rings (SSSR count). The molecule has 2 amide bonds. The van der Waals surface area contributed by atoms with Gasteiger partial charge >= 0.3 is 0 Å². The van der Waals surface area contributed by atoms with Crippen LogP contribution in [0.1, 0.15) is 39.0 Å². The van der Waals surface area contributed by atoms with Crippen molar-refractivity contribution < 1.29 is 14.3 Å². The smallest absolute Gasteiger partial charge is 0.283 e. The first-order chi connectivity index (χ1) is 8.56. The van der Waals surface area contributed by atoms with E-state index in [1.165, 1.54) is 18.9 Å². The van der Waals surface area contributed by atoms with Gasteiger partial charge in [0.05, 0.1) is 0 Å². The second-order valence-corrected chi connectivity index (χ2v) is 4.33. The molecular formula is C13H20N2O3. The van der Waals surface area contributed by atoms with Gasteiger partial charge in [-0.15, -0.1) is 0 Å². The van der Waals surface area contributed by atoms with E-state index in [2.05, 4.69) is 6.92 Å². The molecule has 0 aliphatic carbocycles. The standard InChI is InChI=1S/C13H20N2O3/c1-2-3-4-5-6-7-9-8-10(12(14)16)18-11(9)13(15)17/h7-8,11H,2-6H2,1H3,(H2,14,16)(H2,15,17). The summed E-state index contributed by atoms with van der Waals surface area (Å²) in [5.74, 6) is -1.29. The van der Waals surface area contributed by atoms with Crippen LogP contribution < -0.4 is 11.5 Å². The van der Waals surface area contributed by atoms with Crippen LogP contribution in [0.3, 0.4) is 0 Å². The number of ether oxygens (including phenoxy) is 1. The highest BCUT2D eigenvalue weighted by molar-refractivity contribution is 5.94. The summed E-state index contributed by atoms with van der Waals surface area (Å²) in [5, 5.41) is 0. The van der Waals surface area contributed by atoms with Gasteiger partial charge in [-0.3, -0.25) is 9.59 Å². The largest absolute Gasteiger partial charge is 0.470 e. The number of amides is 2. The Morgan fingerprint density at radius 1 is 1.33 bits per heavy atom. The van der Waals surface area contributed by atoms with Gasteiger partial charge < -0.3 is 16.2 Å². The molecule has 18 heavy (non-hydrogen) atoms. The van der Waals surface area contributed by atoms with Crippen LogP contribution in [0.15, 0.2) is 23.5 Å². The number of unbranched alkanes of at least 4 members (excludes halogenated alkanes) is 4. The topological polar surface area (TPSA) is 95.4 Å². The van der Waals surface area contributed by atoms with Crippen LogP contribution in [0.2, 0.25) is 0 Å². The second-order valence-electron chi connectivity index (χ2n) is 4.33. The first-order valence-electron chi connectivity index (χ1n) is 6.23. The summed E-state index contributed by atoms with van der Waals surface area (Å²) in [7, 11) is 0. The maximum absolute atomic E-state index is 11.2. The van der Waals surface area contributed by atoms with Crippen LogP contribution in [-0.4, -0.2) is 17.9 Å². The average Bonchev–Trinajstić information content (AvgIpc) is 2.73. The lowest BCUT2D eigenvalue weighted by Gasteiger charge is -2.09. The third kappa shape index (κ3) is 3.91. The van der Waals surface area contributed by atoms with Crippen LogP contribution in [0.4, 0.5) is 0 Å². The van der Waals surface area contributed by atoms with E-state index in [4.69, 9.17) is 16.2 Å². The van der Waals surface area contributed by atoms with Crippen molar-refractivity contribution in [1.82, 2.24) is 0 Å². The zero-order valence-corrected chi connectivity index (χ0v) is 10.6. The second kappa shape index (κ2) is 6.83. The molecule has 1 atom stereocenters. The fourth-order valence-corrected chi connectivity index (χ4v) is 1.81. The summed E-state index contributed by atoms with van der Waals surface area (Å²) in [6.45, 7) is 2.15. The quantitative estimate of drug-likeness (QED) is 0.665. The third-order valence-corrected chi connectivity index (χ3v) is 2.78. The van der Waals surface area contributed by atoms with Gasteiger partial charge in [-0.25, -0.2) is 0 Å². The van der Waals surface area contributed by atoms with Gasteiger partial charge in [0.1, 0.15) is 0 Å². The van der Waals surface area contributed by atoms with Crippen LogP contribution in [-0.2, 0) is 14.3 Å². The van der Waals surface area contributed by atoms with Gasteiger partial charge in [-0.05, 0) is 18.9 Å². The molecule has 5 nitrogen and oxygen atoms in total. The van der Waals surface area contributed by atoms with E-state index in [1.54, 1.807) is 0 Å². The molecule has 0 aromatic rings. The SMILES string of the molecule is CCCCCCC=C1C=C(C(N)=O)OC1C(N)=O. The number of carbonyl (C=O) groups excluding carboxylic acids is 2.